The van der Waals surface area contributed by atoms with Gasteiger partial charge in [-0.2, -0.15) is 8.42 Å². The van der Waals surface area contributed by atoms with Crippen molar-refractivity contribution in [1.29, 1.82) is 0 Å². The third-order valence-electron chi connectivity index (χ3n) is 4.18. The van der Waals surface area contributed by atoms with Gasteiger partial charge in [0.15, 0.2) is 6.61 Å². The van der Waals surface area contributed by atoms with Gasteiger partial charge in [0.1, 0.15) is 17.4 Å². The fraction of sp³-hybridized carbons (Fsp3) is 0.263. The van der Waals surface area contributed by atoms with E-state index in [2.05, 4.69) is 9.71 Å². The van der Waals surface area contributed by atoms with Gasteiger partial charge in [0.05, 0.1) is 4.90 Å². The minimum atomic E-state index is -3.79. The fourth-order valence-electron chi connectivity index (χ4n) is 2.69. The molecule has 1 aliphatic rings. The summed E-state index contributed by atoms with van der Waals surface area (Å²) in [4.78, 5) is 13.8. The topological polar surface area (TPSA) is 88.1 Å². The standard InChI is InChI=1S/C19H20FN3O4S/c1-23-12-2-3-18(23)22-28(25,26)17-10-6-15(7-11-17)21-19(24)13-27-16-8-4-14(20)5-9-16/h4-11H,2-3,12-13H2,1H3,(H,21,24)/b22-18+. The molecule has 1 fully saturated rings. The van der Waals surface area contributed by atoms with E-state index in [1.54, 1.807) is 0 Å². The maximum Gasteiger partial charge on any atom is 0.283 e. The molecule has 0 bridgehead atoms. The Labute approximate surface area is 162 Å². The Morgan fingerprint density at radius 2 is 1.86 bits per heavy atom. The minimum Gasteiger partial charge on any atom is -0.484 e. The highest BCUT2D eigenvalue weighted by Gasteiger charge is 2.20. The molecule has 0 aliphatic carbocycles. The number of benzene rings is 2. The van der Waals surface area contributed by atoms with Crippen LogP contribution in [-0.4, -0.2) is 45.3 Å². The fourth-order valence-corrected chi connectivity index (χ4v) is 3.78. The molecular weight excluding hydrogens is 385 g/mol. The van der Waals surface area contributed by atoms with E-state index in [1.165, 1.54) is 48.5 Å². The molecule has 1 amide bonds. The van der Waals surface area contributed by atoms with Gasteiger partial charge in [-0.15, -0.1) is 4.40 Å². The van der Waals surface area contributed by atoms with Gasteiger partial charge in [-0.25, -0.2) is 4.39 Å². The molecule has 3 rings (SSSR count). The number of amides is 1. The summed E-state index contributed by atoms with van der Waals surface area (Å²) in [5.74, 6) is 0.105. The zero-order chi connectivity index (χ0) is 20.1. The van der Waals surface area contributed by atoms with E-state index in [4.69, 9.17) is 4.74 Å². The summed E-state index contributed by atoms with van der Waals surface area (Å²) in [6, 6.07) is 11.1. The van der Waals surface area contributed by atoms with Crippen molar-refractivity contribution in [2.24, 2.45) is 4.40 Å². The lowest BCUT2D eigenvalue weighted by Gasteiger charge is -2.11. The number of sulfonamides is 1. The normalized spacial score (nSPS) is 15.6. The van der Waals surface area contributed by atoms with Crippen molar-refractivity contribution in [2.45, 2.75) is 17.7 Å². The number of amidine groups is 1. The summed E-state index contributed by atoms with van der Waals surface area (Å²) in [5, 5.41) is 2.61. The Balaban J connectivity index is 1.59. The predicted molar refractivity (Wildman–Crippen MR) is 103 cm³/mol. The van der Waals surface area contributed by atoms with E-state index in [0.717, 1.165) is 13.0 Å². The highest BCUT2D eigenvalue weighted by molar-refractivity contribution is 7.90. The number of likely N-dealkylation sites (tertiary alicyclic amines) is 1. The number of halogens is 1. The molecule has 1 heterocycles. The van der Waals surface area contributed by atoms with Gasteiger partial charge in [0.2, 0.25) is 0 Å². The van der Waals surface area contributed by atoms with Crippen molar-refractivity contribution >= 4 is 27.5 Å². The van der Waals surface area contributed by atoms with Gasteiger partial charge in [-0.1, -0.05) is 0 Å². The van der Waals surface area contributed by atoms with Gasteiger partial charge in [-0.3, -0.25) is 4.79 Å². The Bertz CT molecular complexity index is 973. The molecule has 0 radical (unpaired) electrons. The number of hydrogen-bond acceptors (Lipinski definition) is 4. The molecule has 1 saturated heterocycles. The van der Waals surface area contributed by atoms with Crippen molar-refractivity contribution in [3.05, 3.63) is 54.3 Å². The first-order chi connectivity index (χ1) is 13.3. The molecule has 1 N–H and O–H groups in total. The molecule has 9 heteroatoms. The summed E-state index contributed by atoms with van der Waals surface area (Å²) in [6.45, 7) is 0.533. The summed E-state index contributed by atoms with van der Waals surface area (Å²) < 4.78 is 46.8. The van der Waals surface area contributed by atoms with Crippen molar-refractivity contribution in [3.8, 4) is 5.75 Å². The lowest BCUT2D eigenvalue weighted by atomic mass is 10.3. The van der Waals surface area contributed by atoms with E-state index < -0.39 is 21.7 Å². The molecule has 2 aromatic rings. The van der Waals surface area contributed by atoms with Crippen LogP contribution >= 0.6 is 0 Å². The summed E-state index contributed by atoms with van der Waals surface area (Å²) >= 11 is 0. The Hall–Kier alpha value is -2.94. The van der Waals surface area contributed by atoms with E-state index in [1.807, 2.05) is 11.9 Å². The second-order valence-electron chi connectivity index (χ2n) is 6.32. The van der Waals surface area contributed by atoms with E-state index in [9.17, 15) is 17.6 Å². The molecule has 0 saturated carbocycles. The molecule has 2 aromatic carbocycles. The summed E-state index contributed by atoms with van der Waals surface area (Å²) in [6.07, 6.45) is 1.52. The third-order valence-corrected chi connectivity index (χ3v) is 5.50. The van der Waals surface area contributed by atoms with E-state index >= 15 is 0 Å². The molecule has 7 nitrogen and oxygen atoms in total. The molecule has 0 unspecified atom stereocenters. The molecule has 28 heavy (non-hydrogen) atoms. The van der Waals surface area contributed by atoms with Crippen LogP contribution in [0.3, 0.4) is 0 Å². The number of hydrogen-bond donors (Lipinski definition) is 1. The summed E-state index contributed by atoms with van der Waals surface area (Å²) in [7, 11) is -1.98. The molecule has 0 spiro atoms. The van der Waals surface area contributed by atoms with Crippen LogP contribution in [0.1, 0.15) is 12.8 Å². The largest absolute Gasteiger partial charge is 0.484 e. The number of ether oxygens (including phenoxy) is 1. The van der Waals surface area contributed by atoms with Crippen LogP contribution in [0, 0.1) is 5.82 Å². The highest BCUT2D eigenvalue weighted by atomic mass is 32.2. The van der Waals surface area contributed by atoms with Crippen LogP contribution < -0.4 is 10.1 Å². The van der Waals surface area contributed by atoms with Crippen LogP contribution in [0.4, 0.5) is 10.1 Å². The lowest BCUT2D eigenvalue weighted by Crippen LogP contribution is -2.20. The lowest BCUT2D eigenvalue weighted by molar-refractivity contribution is -0.118. The number of anilines is 1. The Kier molecular flexibility index (Phi) is 5.93. The SMILES string of the molecule is CN1CCC/C1=N\S(=O)(=O)c1ccc(NC(=O)COc2ccc(F)cc2)cc1. The van der Waals surface area contributed by atoms with Crippen LogP contribution in [0.2, 0.25) is 0 Å². The average molecular weight is 405 g/mol. The second kappa shape index (κ2) is 8.39. The average Bonchev–Trinajstić information content (AvgIpc) is 3.06. The van der Waals surface area contributed by atoms with Gasteiger partial charge in [0, 0.05) is 25.7 Å². The van der Waals surface area contributed by atoms with Crippen LogP contribution in [0.25, 0.3) is 0 Å². The van der Waals surface area contributed by atoms with Gasteiger partial charge < -0.3 is 15.0 Å². The third kappa shape index (κ3) is 5.07. The maximum absolute atomic E-state index is 12.8. The van der Waals surface area contributed by atoms with Crippen molar-refractivity contribution in [3.63, 3.8) is 0 Å². The predicted octanol–water partition coefficient (Wildman–Crippen LogP) is 2.66. The summed E-state index contributed by atoms with van der Waals surface area (Å²) in [5.41, 5.74) is 0.428. The minimum absolute atomic E-state index is 0.0564. The number of rotatable bonds is 6. The zero-order valence-electron chi connectivity index (χ0n) is 15.3. The van der Waals surface area contributed by atoms with Crippen molar-refractivity contribution in [1.82, 2.24) is 4.90 Å². The first-order valence-electron chi connectivity index (χ1n) is 8.67. The first-order valence-corrected chi connectivity index (χ1v) is 10.1. The van der Waals surface area contributed by atoms with Crippen LogP contribution in [-0.2, 0) is 14.8 Å². The number of nitrogens with zero attached hydrogens (tertiary/aromatic N) is 2. The molecule has 0 aromatic heterocycles. The molecule has 0 atom stereocenters. The van der Waals surface area contributed by atoms with Crippen LogP contribution in [0.5, 0.6) is 5.75 Å². The van der Waals surface area contributed by atoms with Crippen LogP contribution in [0.15, 0.2) is 57.8 Å². The maximum atomic E-state index is 12.8. The smallest absolute Gasteiger partial charge is 0.283 e. The molecule has 148 valence electrons. The monoisotopic (exact) mass is 405 g/mol. The quantitative estimate of drug-likeness (QED) is 0.798. The van der Waals surface area contributed by atoms with Crippen molar-refractivity contribution in [2.75, 3.05) is 25.5 Å². The zero-order valence-corrected chi connectivity index (χ0v) is 16.1. The van der Waals surface area contributed by atoms with Gasteiger partial charge in [-0.05, 0) is 55.0 Å². The van der Waals surface area contributed by atoms with Gasteiger partial charge in [0.25, 0.3) is 15.9 Å². The first kappa shape index (κ1) is 19.8. The number of carbonyl (C=O) groups is 1. The number of nitrogens with one attached hydrogen (secondary N) is 1. The van der Waals surface area contributed by atoms with Gasteiger partial charge >= 0.3 is 0 Å². The van der Waals surface area contributed by atoms with Crippen molar-refractivity contribution < 1.29 is 22.3 Å². The second-order valence-corrected chi connectivity index (χ2v) is 7.93. The number of carbonyl (C=O) groups excluding carboxylic acids is 1. The van der Waals surface area contributed by atoms with E-state index in [-0.39, 0.29) is 11.5 Å². The van der Waals surface area contributed by atoms with E-state index in [0.29, 0.717) is 23.7 Å². The molecule has 1 aliphatic heterocycles. The Morgan fingerprint density at radius 1 is 1.18 bits per heavy atom. The highest BCUT2D eigenvalue weighted by Crippen LogP contribution is 2.19. The molecular formula is C19H20FN3O4S. The Morgan fingerprint density at radius 3 is 2.46 bits per heavy atom.